The van der Waals surface area contributed by atoms with Crippen LogP contribution in [0.5, 0.6) is 0 Å². The Morgan fingerprint density at radius 3 is 2.46 bits per heavy atom. The van der Waals surface area contributed by atoms with Crippen molar-refractivity contribution >= 4 is 32.6 Å². The van der Waals surface area contributed by atoms with E-state index in [0.717, 1.165) is 23.0 Å². The van der Waals surface area contributed by atoms with Gasteiger partial charge in [-0.15, -0.1) is 0 Å². The standard InChI is InChI=1S/C21H24N2O4S/c1-4-15-5-10-19-16(13-27-20(19)11-15)12-21(24)22-17-6-8-18(9-7-17)28(25,26)23-14(2)3/h5-11,13-14,23H,4,12H2,1-3H3,(H,22,24). The molecule has 148 valence electrons. The second-order valence-electron chi connectivity index (χ2n) is 6.97. The minimum absolute atomic E-state index is 0.159. The third kappa shape index (κ3) is 4.61. The highest BCUT2D eigenvalue weighted by Crippen LogP contribution is 2.23. The number of sulfonamides is 1. The highest BCUT2D eigenvalue weighted by molar-refractivity contribution is 7.89. The number of furan rings is 1. The van der Waals surface area contributed by atoms with Crippen LogP contribution in [0.2, 0.25) is 0 Å². The van der Waals surface area contributed by atoms with Crippen molar-refractivity contribution in [3.8, 4) is 0 Å². The second-order valence-corrected chi connectivity index (χ2v) is 8.68. The summed E-state index contributed by atoms with van der Waals surface area (Å²) in [5, 5.41) is 3.72. The van der Waals surface area contributed by atoms with Gasteiger partial charge in [-0.3, -0.25) is 4.79 Å². The van der Waals surface area contributed by atoms with Crippen LogP contribution in [0.15, 0.2) is 58.0 Å². The van der Waals surface area contributed by atoms with Crippen molar-refractivity contribution in [1.29, 1.82) is 0 Å². The highest BCUT2D eigenvalue weighted by Gasteiger charge is 2.16. The van der Waals surface area contributed by atoms with E-state index in [9.17, 15) is 13.2 Å². The van der Waals surface area contributed by atoms with Crippen LogP contribution in [0.25, 0.3) is 11.0 Å². The first kappa shape index (κ1) is 20.1. The van der Waals surface area contributed by atoms with Gasteiger partial charge in [-0.25, -0.2) is 13.1 Å². The molecule has 0 radical (unpaired) electrons. The van der Waals surface area contributed by atoms with Gasteiger partial charge in [-0.2, -0.15) is 0 Å². The monoisotopic (exact) mass is 400 g/mol. The lowest BCUT2D eigenvalue weighted by atomic mass is 10.1. The Balaban J connectivity index is 1.68. The molecule has 28 heavy (non-hydrogen) atoms. The van der Waals surface area contributed by atoms with Crippen molar-refractivity contribution in [1.82, 2.24) is 4.72 Å². The molecule has 0 spiro atoms. The first-order chi connectivity index (χ1) is 13.3. The molecule has 0 saturated heterocycles. The van der Waals surface area contributed by atoms with E-state index in [2.05, 4.69) is 17.0 Å². The number of carbonyl (C=O) groups is 1. The van der Waals surface area contributed by atoms with Crippen molar-refractivity contribution in [2.24, 2.45) is 0 Å². The molecular weight excluding hydrogens is 376 g/mol. The fraction of sp³-hybridized carbons (Fsp3) is 0.286. The number of amides is 1. The average Bonchev–Trinajstić information content (AvgIpc) is 3.03. The molecule has 1 aromatic heterocycles. The first-order valence-electron chi connectivity index (χ1n) is 9.19. The molecule has 0 saturated carbocycles. The summed E-state index contributed by atoms with van der Waals surface area (Å²) in [5.41, 5.74) is 3.30. The SMILES string of the molecule is CCc1ccc2c(CC(=O)Nc3ccc(S(=O)(=O)NC(C)C)cc3)coc2c1. The lowest BCUT2D eigenvalue weighted by Crippen LogP contribution is -2.30. The Bertz CT molecular complexity index is 1080. The van der Waals surface area contributed by atoms with Gasteiger partial charge in [0.25, 0.3) is 0 Å². The number of anilines is 1. The van der Waals surface area contributed by atoms with E-state index in [0.29, 0.717) is 5.69 Å². The van der Waals surface area contributed by atoms with E-state index in [1.807, 2.05) is 18.2 Å². The van der Waals surface area contributed by atoms with Gasteiger partial charge >= 0.3 is 0 Å². The van der Waals surface area contributed by atoms with Crippen molar-refractivity contribution in [2.75, 3.05) is 5.32 Å². The Morgan fingerprint density at radius 2 is 1.82 bits per heavy atom. The molecule has 6 nitrogen and oxygen atoms in total. The van der Waals surface area contributed by atoms with Crippen molar-refractivity contribution in [3.05, 3.63) is 59.9 Å². The molecule has 3 rings (SSSR count). The molecule has 1 amide bonds. The number of aryl methyl sites for hydroxylation is 1. The van der Waals surface area contributed by atoms with E-state index in [1.54, 1.807) is 32.2 Å². The maximum atomic E-state index is 12.4. The molecule has 0 fully saturated rings. The Kier molecular flexibility index (Phi) is 5.86. The van der Waals surface area contributed by atoms with Gasteiger partial charge in [0, 0.05) is 22.7 Å². The molecule has 0 bridgehead atoms. The minimum Gasteiger partial charge on any atom is -0.464 e. The zero-order chi connectivity index (χ0) is 20.3. The number of nitrogens with one attached hydrogen (secondary N) is 2. The van der Waals surface area contributed by atoms with E-state index < -0.39 is 10.0 Å². The van der Waals surface area contributed by atoms with E-state index >= 15 is 0 Å². The summed E-state index contributed by atoms with van der Waals surface area (Å²) in [5.74, 6) is -0.196. The first-order valence-corrected chi connectivity index (χ1v) is 10.7. The molecule has 3 aromatic rings. The average molecular weight is 401 g/mol. The van der Waals surface area contributed by atoms with E-state index in [1.165, 1.54) is 17.7 Å². The zero-order valence-electron chi connectivity index (χ0n) is 16.2. The van der Waals surface area contributed by atoms with Crippen LogP contribution in [0.4, 0.5) is 5.69 Å². The van der Waals surface area contributed by atoms with Gasteiger partial charge in [0.2, 0.25) is 15.9 Å². The summed E-state index contributed by atoms with van der Waals surface area (Å²) in [6.45, 7) is 5.59. The summed E-state index contributed by atoms with van der Waals surface area (Å²) in [6, 6.07) is 11.9. The summed E-state index contributed by atoms with van der Waals surface area (Å²) in [7, 11) is -3.55. The van der Waals surface area contributed by atoms with Crippen LogP contribution < -0.4 is 10.0 Å². The summed E-state index contributed by atoms with van der Waals surface area (Å²) >= 11 is 0. The van der Waals surface area contributed by atoms with Crippen molar-refractivity contribution < 1.29 is 17.6 Å². The van der Waals surface area contributed by atoms with Gasteiger partial charge in [-0.05, 0) is 56.2 Å². The smallest absolute Gasteiger partial charge is 0.240 e. The van der Waals surface area contributed by atoms with Crippen LogP contribution in [0.1, 0.15) is 31.9 Å². The summed E-state index contributed by atoms with van der Waals surface area (Å²) < 4.78 is 32.4. The van der Waals surface area contributed by atoms with Gasteiger partial charge in [0.15, 0.2) is 0 Å². The molecule has 2 aromatic carbocycles. The highest BCUT2D eigenvalue weighted by atomic mass is 32.2. The summed E-state index contributed by atoms with van der Waals surface area (Å²) in [6.07, 6.45) is 2.70. The van der Waals surface area contributed by atoms with E-state index in [-0.39, 0.29) is 23.3 Å². The van der Waals surface area contributed by atoms with Crippen LogP contribution in [-0.2, 0) is 27.7 Å². The molecule has 1 heterocycles. The van der Waals surface area contributed by atoms with Crippen molar-refractivity contribution in [2.45, 2.75) is 44.6 Å². The van der Waals surface area contributed by atoms with Crippen LogP contribution in [-0.4, -0.2) is 20.4 Å². The molecular formula is C21H24N2O4S. The maximum Gasteiger partial charge on any atom is 0.240 e. The summed E-state index contributed by atoms with van der Waals surface area (Å²) in [4.78, 5) is 12.5. The normalized spacial score (nSPS) is 11.9. The Labute approximate surface area is 165 Å². The number of benzene rings is 2. The number of carbonyl (C=O) groups excluding carboxylic acids is 1. The lowest BCUT2D eigenvalue weighted by Gasteiger charge is -2.10. The van der Waals surface area contributed by atoms with Crippen LogP contribution in [0.3, 0.4) is 0 Å². The minimum atomic E-state index is -3.55. The molecule has 0 aliphatic rings. The third-order valence-electron chi connectivity index (χ3n) is 4.32. The molecule has 7 heteroatoms. The quantitative estimate of drug-likeness (QED) is 0.630. The maximum absolute atomic E-state index is 12.4. The largest absolute Gasteiger partial charge is 0.464 e. The number of rotatable bonds is 7. The van der Waals surface area contributed by atoms with Gasteiger partial charge in [0.1, 0.15) is 5.58 Å². The topological polar surface area (TPSA) is 88.4 Å². The third-order valence-corrected chi connectivity index (χ3v) is 5.99. The number of hydrogen-bond donors (Lipinski definition) is 2. The van der Waals surface area contributed by atoms with Gasteiger partial charge in [0.05, 0.1) is 17.6 Å². The number of fused-ring (bicyclic) bond motifs is 1. The fourth-order valence-electron chi connectivity index (χ4n) is 2.96. The van der Waals surface area contributed by atoms with Crippen LogP contribution >= 0.6 is 0 Å². The molecule has 0 aliphatic carbocycles. The number of hydrogen-bond acceptors (Lipinski definition) is 4. The van der Waals surface area contributed by atoms with Gasteiger partial charge in [-0.1, -0.05) is 19.1 Å². The van der Waals surface area contributed by atoms with Crippen molar-refractivity contribution in [3.63, 3.8) is 0 Å². The van der Waals surface area contributed by atoms with Crippen LogP contribution in [0, 0.1) is 0 Å². The van der Waals surface area contributed by atoms with Gasteiger partial charge < -0.3 is 9.73 Å². The zero-order valence-corrected chi connectivity index (χ0v) is 17.0. The molecule has 2 N–H and O–H groups in total. The Hall–Kier alpha value is -2.64. The molecule has 0 atom stereocenters. The predicted molar refractivity (Wildman–Crippen MR) is 110 cm³/mol. The van der Waals surface area contributed by atoms with E-state index in [4.69, 9.17) is 4.42 Å². The molecule has 0 aliphatic heterocycles. The predicted octanol–water partition coefficient (Wildman–Crippen LogP) is 3.86. The second kappa shape index (κ2) is 8.16. The molecule has 0 unspecified atom stereocenters. The fourth-order valence-corrected chi connectivity index (χ4v) is 4.21. The lowest BCUT2D eigenvalue weighted by molar-refractivity contribution is -0.115. The Morgan fingerprint density at radius 1 is 1.11 bits per heavy atom.